The first-order valence-corrected chi connectivity index (χ1v) is 5.24. The molecule has 1 N–H and O–H groups in total. The molecule has 0 aliphatic rings. The molecule has 0 bridgehead atoms. The number of non-ortho nitro benzene ring substituents is 1. The molecule has 0 saturated heterocycles. The average molecular weight is 237 g/mol. The van der Waals surface area contributed by atoms with E-state index in [9.17, 15) is 14.9 Å². The Bertz CT molecular complexity index is 454. The fourth-order valence-electron chi connectivity index (χ4n) is 1.51. The quantitative estimate of drug-likeness (QED) is 0.645. The van der Waals surface area contributed by atoms with Crippen LogP contribution in [0.5, 0.6) is 0 Å². The molecule has 0 amide bonds. The third-order valence-electron chi connectivity index (χ3n) is 3.21. The van der Waals surface area contributed by atoms with Gasteiger partial charge in [-0.15, -0.1) is 0 Å². The summed E-state index contributed by atoms with van der Waals surface area (Å²) in [6.07, 6.45) is 0. The Morgan fingerprint density at radius 2 is 2.06 bits per heavy atom. The minimum Gasteiger partial charge on any atom is -0.481 e. The van der Waals surface area contributed by atoms with Crippen LogP contribution >= 0.6 is 0 Å². The lowest BCUT2D eigenvalue weighted by Crippen LogP contribution is -2.29. The zero-order valence-electron chi connectivity index (χ0n) is 10.0. The topological polar surface area (TPSA) is 80.4 Å². The molecule has 0 fully saturated rings. The van der Waals surface area contributed by atoms with Gasteiger partial charge in [-0.1, -0.05) is 19.1 Å². The predicted molar refractivity (Wildman–Crippen MR) is 62.9 cm³/mol. The summed E-state index contributed by atoms with van der Waals surface area (Å²) < 4.78 is 0. The molecule has 1 unspecified atom stereocenters. The van der Waals surface area contributed by atoms with Crippen LogP contribution < -0.4 is 0 Å². The predicted octanol–water partition coefficient (Wildman–Crippen LogP) is 2.81. The maximum atomic E-state index is 11.1. The number of benzene rings is 1. The summed E-state index contributed by atoms with van der Waals surface area (Å²) in [5, 5.41) is 19.8. The number of carboxylic acids is 1. The molecule has 0 aliphatic carbocycles. The van der Waals surface area contributed by atoms with E-state index >= 15 is 0 Å². The van der Waals surface area contributed by atoms with Crippen molar-refractivity contribution in [2.75, 3.05) is 0 Å². The van der Waals surface area contributed by atoms with Crippen molar-refractivity contribution in [1.29, 1.82) is 0 Å². The van der Waals surface area contributed by atoms with E-state index in [-0.39, 0.29) is 11.6 Å². The number of hydrogen-bond acceptors (Lipinski definition) is 3. The van der Waals surface area contributed by atoms with Gasteiger partial charge in [0, 0.05) is 12.1 Å². The van der Waals surface area contributed by atoms with Gasteiger partial charge < -0.3 is 5.11 Å². The third kappa shape index (κ3) is 2.61. The Morgan fingerprint density at radius 1 is 1.47 bits per heavy atom. The summed E-state index contributed by atoms with van der Waals surface area (Å²) in [6, 6.07) is 6.10. The summed E-state index contributed by atoms with van der Waals surface area (Å²) >= 11 is 0. The van der Waals surface area contributed by atoms with E-state index in [2.05, 4.69) is 0 Å². The van der Waals surface area contributed by atoms with Gasteiger partial charge in [0.25, 0.3) is 5.69 Å². The molecular formula is C12H15NO4. The Morgan fingerprint density at radius 3 is 2.53 bits per heavy atom. The van der Waals surface area contributed by atoms with Crippen molar-refractivity contribution in [3.8, 4) is 0 Å². The highest BCUT2D eigenvalue weighted by molar-refractivity contribution is 5.75. The standard InChI is InChI=1S/C12H15NO4/c1-8(12(2,3)11(14)15)9-5-4-6-10(7-9)13(16)17/h4-8H,1-3H3,(H,14,15). The van der Waals surface area contributed by atoms with Gasteiger partial charge in [0.15, 0.2) is 0 Å². The van der Waals surface area contributed by atoms with Crippen molar-refractivity contribution in [2.24, 2.45) is 5.41 Å². The van der Waals surface area contributed by atoms with E-state index in [1.807, 2.05) is 0 Å². The molecular weight excluding hydrogens is 222 g/mol. The second kappa shape index (κ2) is 4.53. The molecule has 0 saturated carbocycles. The van der Waals surface area contributed by atoms with Crippen molar-refractivity contribution in [3.05, 3.63) is 39.9 Å². The summed E-state index contributed by atoms with van der Waals surface area (Å²) in [5.41, 5.74) is -0.322. The molecule has 92 valence electrons. The molecule has 0 heterocycles. The van der Waals surface area contributed by atoms with E-state index in [1.165, 1.54) is 12.1 Å². The highest BCUT2D eigenvalue weighted by Gasteiger charge is 2.35. The molecule has 0 aromatic heterocycles. The van der Waals surface area contributed by atoms with Crippen LogP contribution in [0.3, 0.4) is 0 Å². The molecule has 17 heavy (non-hydrogen) atoms. The number of nitro benzene ring substituents is 1. The fraction of sp³-hybridized carbons (Fsp3) is 0.417. The number of aliphatic carboxylic acids is 1. The zero-order valence-corrected chi connectivity index (χ0v) is 10.0. The summed E-state index contributed by atoms with van der Waals surface area (Å²) in [4.78, 5) is 21.3. The Hall–Kier alpha value is -1.91. The van der Waals surface area contributed by atoms with Crippen molar-refractivity contribution < 1.29 is 14.8 Å². The molecule has 1 rings (SSSR count). The first-order chi connectivity index (χ1) is 7.76. The van der Waals surface area contributed by atoms with Gasteiger partial charge in [0.05, 0.1) is 10.3 Å². The SMILES string of the molecule is CC(c1cccc([N+](=O)[O-])c1)C(C)(C)C(=O)O. The average Bonchev–Trinajstić information content (AvgIpc) is 2.27. The van der Waals surface area contributed by atoms with E-state index in [0.717, 1.165) is 0 Å². The molecule has 0 aliphatic heterocycles. The molecule has 1 aromatic carbocycles. The molecule has 1 atom stereocenters. The number of nitrogens with zero attached hydrogens (tertiary/aromatic N) is 1. The van der Waals surface area contributed by atoms with Crippen LogP contribution in [0.25, 0.3) is 0 Å². The van der Waals surface area contributed by atoms with Gasteiger partial charge in [0.1, 0.15) is 0 Å². The summed E-state index contributed by atoms with van der Waals surface area (Å²) in [7, 11) is 0. The molecule has 1 aromatic rings. The molecule has 5 nitrogen and oxygen atoms in total. The van der Waals surface area contributed by atoms with Crippen LogP contribution in [0.4, 0.5) is 5.69 Å². The molecule has 0 spiro atoms. The van der Waals surface area contributed by atoms with E-state index in [1.54, 1.807) is 32.9 Å². The van der Waals surface area contributed by atoms with Gasteiger partial charge in [0.2, 0.25) is 0 Å². The lowest BCUT2D eigenvalue weighted by atomic mass is 9.76. The Kier molecular flexibility index (Phi) is 3.50. The largest absolute Gasteiger partial charge is 0.481 e. The second-order valence-corrected chi connectivity index (χ2v) is 4.60. The maximum Gasteiger partial charge on any atom is 0.309 e. The molecule has 0 radical (unpaired) electrons. The monoisotopic (exact) mass is 237 g/mol. The normalized spacial score (nSPS) is 13.1. The van der Waals surface area contributed by atoms with E-state index in [4.69, 9.17) is 5.11 Å². The third-order valence-corrected chi connectivity index (χ3v) is 3.21. The number of rotatable bonds is 4. The number of nitro groups is 1. The number of carboxylic acid groups (broad SMARTS) is 1. The van der Waals surface area contributed by atoms with Crippen molar-refractivity contribution in [1.82, 2.24) is 0 Å². The zero-order chi connectivity index (χ0) is 13.2. The van der Waals surface area contributed by atoms with Crippen LogP contribution in [0.2, 0.25) is 0 Å². The number of carbonyl (C=O) groups is 1. The van der Waals surface area contributed by atoms with Gasteiger partial charge in [-0.05, 0) is 25.3 Å². The van der Waals surface area contributed by atoms with Gasteiger partial charge in [-0.2, -0.15) is 0 Å². The first-order valence-electron chi connectivity index (χ1n) is 5.24. The Labute approximate surface area is 99.2 Å². The van der Waals surface area contributed by atoms with Crippen LogP contribution in [-0.2, 0) is 4.79 Å². The van der Waals surface area contributed by atoms with Crippen LogP contribution in [0.1, 0.15) is 32.3 Å². The fourth-order valence-corrected chi connectivity index (χ4v) is 1.51. The second-order valence-electron chi connectivity index (χ2n) is 4.60. The van der Waals surface area contributed by atoms with Crippen molar-refractivity contribution in [3.63, 3.8) is 0 Å². The highest BCUT2D eigenvalue weighted by atomic mass is 16.6. The van der Waals surface area contributed by atoms with Crippen LogP contribution in [0, 0.1) is 15.5 Å². The highest BCUT2D eigenvalue weighted by Crippen LogP contribution is 2.36. The molecule has 5 heteroatoms. The van der Waals surface area contributed by atoms with Gasteiger partial charge >= 0.3 is 5.97 Å². The smallest absolute Gasteiger partial charge is 0.309 e. The van der Waals surface area contributed by atoms with Crippen molar-refractivity contribution in [2.45, 2.75) is 26.7 Å². The maximum absolute atomic E-state index is 11.1. The minimum atomic E-state index is -0.963. The lowest BCUT2D eigenvalue weighted by Gasteiger charge is -2.27. The Balaban J connectivity index is 3.13. The van der Waals surface area contributed by atoms with Gasteiger partial charge in [-0.25, -0.2) is 0 Å². The van der Waals surface area contributed by atoms with Crippen molar-refractivity contribution >= 4 is 11.7 Å². The van der Waals surface area contributed by atoms with Gasteiger partial charge in [-0.3, -0.25) is 14.9 Å². The first kappa shape index (κ1) is 13.2. The van der Waals surface area contributed by atoms with E-state index in [0.29, 0.717) is 5.56 Å². The number of hydrogen-bond donors (Lipinski definition) is 1. The van der Waals surface area contributed by atoms with Crippen LogP contribution in [-0.4, -0.2) is 16.0 Å². The summed E-state index contributed by atoms with van der Waals surface area (Å²) in [6.45, 7) is 4.98. The lowest BCUT2D eigenvalue weighted by molar-refractivity contribution is -0.384. The van der Waals surface area contributed by atoms with Crippen LogP contribution in [0.15, 0.2) is 24.3 Å². The minimum absolute atomic E-state index is 0.0180. The summed E-state index contributed by atoms with van der Waals surface area (Å²) in [5.74, 6) is -1.23. The van der Waals surface area contributed by atoms with E-state index < -0.39 is 16.3 Å².